The molecule has 186 valence electrons. The molecule has 0 saturated heterocycles. The summed E-state index contributed by atoms with van der Waals surface area (Å²) in [5.41, 5.74) is 0. The summed E-state index contributed by atoms with van der Waals surface area (Å²) in [6.07, 6.45) is 0.251. The summed E-state index contributed by atoms with van der Waals surface area (Å²) < 4.78 is 47.2. The Kier molecular flexibility index (Phi) is 27.0. The zero-order valence-corrected chi connectivity index (χ0v) is 19.4. The zero-order chi connectivity index (χ0) is 22.7. The first-order valence-corrected chi connectivity index (χ1v) is 11.1. The summed E-state index contributed by atoms with van der Waals surface area (Å²) >= 11 is 5.48. The van der Waals surface area contributed by atoms with Crippen LogP contribution in [0.25, 0.3) is 0 Å². The maximum absolute atomic E-state index is 10.9. The van der Waals surface area contributed by atoms with E-state index in [9.17, 15) is 4.79 Å². The highest BCUT2D eigenvalue weighted by Gasteiger charge is 1.99. The number of hydrogen-bond donors (Lipinski definition) is 0. The molecule has 0 spiro atoms. The highest BCUT2D eigenvalue weighted by molar-refractivity contribution is 6.17. The number of halogens is 1. The molecule has 0 aromatic heterocycles. The smallest absolute Gasteiger partial charge is 0.307 e. The van der Waals surface area contributed by atoms with E-state index in [1.54, 1.807) is 0 Å². The summed E-state index contributed by atoms with van der Waals surface area (Å²) in [4.78, 5) is 10.9. The van der Waals surface area contributed by atoms with Gasteiger partial charge in [0.1, 0.15) is 0 Å². The molecule has 0 aliphatic heterocycles. The Labute approximate surface area is 190 Å². The molecule has 0 aromatic carbocycles. The third-order valence-electron chi connectivity index (χ3n) is 3.50. The highest BCUT2D eigenvalue weighted by Crippen LogP contribution is 1.88. The molecule has 31 heavy (non-hydrogen) atoms. The minimum absolute atomic E-state index is 0.251. The lowest BCUT2D eigenvalue weighted by molar-refractivity contribution is -0.141. The molecule has 0 aromatic rings. The van der Waals surface area contributed by atoms with Crippen LogP contribution in [0.4, 0.5) is 0 Å². The van der Waals surface area contributed by atoms with E-state index in [-0.39, 0.29) is 12.4 Å². The average Bonchev–Trinajstić information content (AvgIpc) is 2.78. The third kappa shape index (κ3) is 27.4. The van der Waals surface area contributed by atoms with Crippen LogP contribution in [-0.2, 0) is 47.4 Å². The van der Waals surface area contributed by atoms with Crippen molar-refractivity contribution in [3.8, 4) is 0 Å². The molecule has 0 aliphatic carbocycles. The molecule has 10 nitrogen and oxygen atoms in total. The fraction of sp³-hybridized carbons (Fsp3) is 0.950. The van der Waals surface area contributed by atoms with E-state index in [0.717, 1.165) is 0 Å². The van der Waals surface area contributed by atoms with Crippen LogP contribution in [0.15, 0.2) is 0 Å². The van der Waals surface area contributed by atoms with E-state index in [1.807, 2.05) is 0 Å². The molecule has 0 amide bonds. The maximum atomic E-state index is 10.9. The number of methoxy groups -OCH3 is 1. The molecular formula is C20H39ClO10. The molecule has 0 saturated carbocycles. The van der Waals surface area contributed by atoms with Crippen molar-refractivity contribution < 1.29 is 47.4 Å². The molecular weight excluding hydrogens is 436 g/mol. The molecule has 0 heterocycles. The first-order valence-electron chi connectivity index (χ1n) is 10.6. The van der Waals surface area contributed by atoms with Crippen molar-refractivity contribution in [1.29, 1.82) is 0 Å². The summed E-state index contributed by atoms with van der Waals surface area (Å²) in [5, 5.41) is 0. The molecule has 0 fully saturated rings. The van der Waals surface area contributed by atoms with E-state index in [2.05, 4.69) is 4.74 Å². The lowest BCUT2D eigenvalue weighted by atomic mass is 10.5. The molecule has 0 unspecified atom stereocenters. The van der Waals surface area contributed by atoms with Crippen molar-refractivity contribution >= 4 is 17.6 Å². The molecule has 0 atom stereocenters. The van der Waals surface area contributed by atoms with Crippen molar-refractivity contribution in [2.75, 3.05) is 119 Å². The molecule has 0 aliphatic rings. The number of ether oxygens (including phenoxy) is 9. The van der Waals surface area contributed by atoms with Crippen LogP contribution in [0.5, 0.6) is 0 Å². The quantitative estimate of drug-likeness (QED) is 0.102. The second kappa shape index (κ2) is 27.5. The van der Waals surface area contributed by atoms with E-state index in [4.69, 9.17) is 49.5 Å². The summed E-state index contributed by atoms with van der Waals surface area (Å²) in [6.45, 7) is 7.95. The Hall–Kier alpha value is -0.560. The summed E-state index contributed by atoms with van der Waals surface area (Å²) in [5.74, 6) is 0.215. The van der Waals surface area contributed by atoms with Crippen molar-refractivity contribution in [2.45, 2.75) is 6.42 Å². The van der Waals surface area contributed by atoms with Crippen LogP contribution in [0.3, 0.4) is 0 Å². The Bertz CT molecular complexity index is 363. The number of esters is 1. The Morgan fingerprint density at radius 2 is 0.742 bits per heavy atom. The molecule has 0 rings (SSSR count). The van der Waals surface area contributed by atoms with Crippen LogP contribution in [-0.4, -0.2) is 125 Å². The number of rotatable bonds is 26. The Morgan fingerprint density at radius 1 is 0.484 bits per heavy atom. The predicted molar refractivity (Wildman–Crippen MR) is 114 cm³/mol. The van der Waals surface area contributed by atoms with Gasteiger partial charge in [-0.2, -0.15) is 0 Å². The van der Waals surface area contributed by atoms with Crippen LogP contribution in [0, 0.1) is 0 Å². The van der Waals surface area contributed by atoms with Gasteiger partial charge in [-0.1, -0.05) is 0 Å². The van der Waals surface area contributed by atoms with Gasteiger partial charge in [-0.25, -0.2) is 0 Å². The average molecular weight is 475 g/mol. The van der Waals surface area contributed by atoms with Gasteiger partial charge in [-0.3, -0.25) is 4.79 Å². The van der Waals surface area contributed by atoms with Gasteiger partial charge in [0.15, 0.2) is 0 Å². The van der Waals surface area contributed by atoms with E-state index < -0.39 is 0 Å². The van der Waals surface area contributed by atoms with E-state index in [0.29, 0.717) is 112 Å². The summed E-state index contributed by atoms with van der Waals surface area (Å²) in [6, 6.07) is 0. The lowest BCUT2D eigenvalue weighted by Crippen LogP contribution is -2.15. The molecule has 0 N–H and O–H groups in total. The molecule has 0 bridgehead atoms. The van der Waals surface area contributed by atoms with Gasteiger partial charge in [0.25, 0.3) is 0 Å². The highest BCUT2D eigenvalue weighted by atomic mass is 35.5. The van der Waals surface area contributed by atoms with Gasteiger partial charge in [-0.05, 0) is 0 Å². The maximum Gasteiger partial charge on any atom is 0.307 e. The van der Waals surface area contributed by atoms with Gasteiger partial charge in [0, 0.05) is 5.88 Å². The topological polar surface area (TPSA) is 100 Å². The van der Waals surface area contributed by atoms with Crippen molar-refractivity contribution in [3.05, 3.63) is 0 Å². The van der Waals surface area contributed by atoms with E-state index >= 15 is 0 Å². The van der Waals surface area contributed by atoms with Gasteiger partial charge >= 0.3 is 5.97 Å². The number of hydrogen-bond acceptors (Lipinski definition) is 10. The van der Waals surface area contributed by atoms with Crippen LogP contribution in [0.2, 0.25) is 0 Å². The fourth-order valence-corrected chi connectivity index (χ4v) is 2.06. The van der Waals surface area contributed by atoms with Crippen molar-refractivity contribution in [1.82, 2.24) is 0 Å². The van der Waals surface area contributed by atoms with Gasteiger partial charge in [0.05, 0.1) is 119 Å². The van der Waals surface area contributed by atoms with Gasteiger partial charge in [-0.15, -0.1) is 11.6 Å². The molecule has 0 radical (unpaired) electrons. The zero-order valence-electron chi connectivity index (χ0n) is 18.7. The van der Waals surface area contributed by atoms with Crippen LogP contribution in [0.1, 0.15) is 6.42 Å². The first kappa shape index (κ1) is 30.4. The minimum Gasteiger partial charge on any atom is -0.469 e. The molecule has 11 heteroatoms. The van der Waals surface area contributed by atoms with Crippen molar-refractivity contribution in [3.63, 3.8) is 0 Å². The first-order chi connectivity index (χ1) is 15.3. The van der Waals surface area contributed by atoms with Gasteiger partial charge < -0.3 is 42.6 Å². The second-order valence-electron chi connectivity index (χ2n) is 5.91. The normalized spacial score (nSPS) is 11.2. The lowest BCUT2D eigenvalue weighted by Gasteiger charge is -2.08. The van der Waals surface area contributed by atoms with Crippen LogP contribution < -0.4 is 0 Å². The largest absolute Gasteiger partial charge is 0.469 e. The van der Waals surface area contributed by atoms with E-state index in [1.165, 1.54) is 7.11 Å². The number of alkyl halides is 1. The monoisotopic (exact) mass is 474 g/mol. The standard InChI is InChI=1S/C20H39ClO10/c1-23-20(22)2-4-24-6-8-26-10-12-28-14-16-30-18-19-31-17-15-29-13-11-27-9-7-25-5-3-21/h2-19H2,1H3. The minimum atomic E-state index is -0.282. The Balaban J connectivity index is 3.01. The van der Waals surface area contributed by atoms with Crippen molar-refractivity contribution in [2.24, 2.45) is 0 Å². The summed E-state index contributed by atoms with van der Waals surface area (Å²) in [7, 11) is 1.35. The number of carbonyl (C=O) groups is 1. The second-order valence-corrected chi connectivity index (χ2v) is 6.29. The fourth-order valence-electron chi connectivity index (χ4n) is 1.95. The SMILES string of the molecule is COC(=O)CCOCCOCCOCCOCCOCCOCCOCCOCCCl. The van der Waals surface area contributed by atoms with Crippen LogP contribution >= 0.6 is 11.6 Å². The predicted octanol–water partition coefficient (Wildman–Crippen LogP) is 0.921. The third-order valence-corrected chi connectivity index (χ3v) is 3.66. The van der Waals surface area contributed by atoms with Gasteiger partial charge in [0.2, 0.25) is 0 Å². The Morgan fingerprint density at radius 3 is 1.00 bits per heavy atom. The number of carbonyl (C=O) groups excluding carboxylic acids is 1.